The van der Waals surface area contributed by atoms with Gasteiger partial charge < -0.3 is 20.4 Å². The van der Waals surface area contributed by atoms with E-state index >= 15 is 0 Å². The average molecular weight is 962 g/mol. The van der Waals surface area contributed by atoms with Crippen molar-refractivity contribution in [2.24, 2.45) is 40.1 Å². The number of hydrogen-bond donors (Lipinski definition) is 10. The predicted molar refractivity (Wildman–Crippen MR) is 267 cm³/mol. The highest BCUT2D eigenvalue weighted by molar-refractivity contribution is 8.00. The Bertz CT molecular complexity index is 1180. The number of nitrogens with one attached hydrogen (secondary N) is 3. The second kappa shape index (κ2) is 42.6. The monoisotopic (exact) mass is 960 g/mol. The van der Waals surface area contributed by atoms with Gasteiger partial charge in [-0.25, -0.2) is 0 Å². The van der Waals surface area contributed by atoms with E-state index in [4.69, 9.17) is 40.1 Å². The summed E-state index contributed by atoms with van der Waals surface area (Å²) in [6, 6.07) is 0. The summed E-state index contributed by atoms with van der Waals surface area (Å²) in [5.41, 5.74) is 38.7. The Kier molecular flexibility index (Phi) is 41.4. The van der Waals surface area contributed by atoms with Gasteiger partial charge in [0.05, 0.1) is 13.1 Å². The molecule has 0 bridgehead atoms. The Balaban J connectivity index is 4.15. The van der Waals surface area contributed by atoms with Crippen LogP contribution in [0.25, 0.3) is 0 Å². The molecular weight excluding hydrogens is 879 g/mol. The summed E-state index contributed by atoms with van der Waals surface area (Å²) in [5, 5.41) is 0. The molecule has 0 aromatic heterocycles. The molecule has 0 aromatic rings. The summed E-state index contributed by atoms with van der Waals surface area (Å²) in [7, 11) is 1.73. The zero-order valence-electron chi connectivity index (χ0n) is 36.5. The van der Waals surface area contributed by atoms with Gasteiger partial charge in [0, 0.05) is 56.7 Å². The zero-order chi connectivity index (χ0) is 44.5. The lowest BCUT2D eigenvalue weighted by Crippen LogP contribution is -2.81. The number of carbonyl (C=O) groups excluding carboxylic acids is 3. The van der Waals surface area contributed by atoms with E-state index < -0.39 is 0 Å². The second-order valence-corrected chi connectivity index (χ2v) is 21.3. The average Bonchev–Trinajstić information content (AvgIpc) is 3.21. The molecule has 0 rings (SSSR count). The van der Waals surface area contributed by atoms with Crippen molar-refractivity contribution in [3.8, 4) is 0 Å². The van der Waals surface area contributed by atoms with Crippen molar-refractivity contribution in [1.29, 1.82) is 0 Å². The minimum absolute atomic E-state index is 0.0666. The summed E-state index contributed by atoms with van der Waals surface area (Å²) in [6.07, 6.45) is 11.4. The fourth-order valence-electron chi connectivity index (χ4n) is 5.20. The van der Waals surface area contributed by atoms with Gasteiger partial charge in [0.25, 0.3) is 0 Å². The van der Waals surface area contributed by atoms with Gasteiger partial charge in [-0.3, -0.25) is 63.8 Å². The molecule has 17 N–H and O–H groups in total. The fourth-order valence-corrected chi connectivity index (χ4v) is 10.9. The molecule has 0 aromatic carbocycles. The van der Waals surface area contributed by atoms with E-state index in [9.17, 15) is 14.4 Å². The third kappa shape index (κ3) is 39.1. The first-order valence-corrected chi connectivity index (χ1v) is 28.2. The van der Waals surface area contributed by atoms with Crippen LogP contribution in [0, 0.1) is 0 Å². The Hall–Kier alpha value is -1.72. The Morgan fingerprint density at radius 3 is 1.20 bits per heavy atom. The molecule has 16 nitrogen and oxygen atoms in total. The molecule has 0 aliphatic heterocycles. The third-order valence-corrected chi connectivity index (χ3v) is 15.3. The molecule has 0 saturated heterocycles. The summed E-state index contributed by atoms with van der Waals surface area (Å²) >= 11 is 11.3. The van der Waals surface area contributed by atoms with Crippen LogP contribution >= 0.6 is 70.6 Å². The number of amides is 3. The van der Waals surface area contributed by atoms with Crippen LogP contribution in [0.15, 0.2) is 0 Å². The molecular formula is C38H82N13O3S6+3. The van der Waals surface area contributed by atoms with Gasteiger partial charge in [0.15, 0.2) is 0 Å². The van der Waals surface area contributed by atoms with Crippen molar-refractivity contribution in [3.05, 3.63) is 0 Å². The van der Waals surface area contributed by atoms with Crippen molar-refractivity contribution in [1.82, 2.24) is 14.7 Å². The van der Waals surface area contributed by atoms with Gasteiger partial charge in [-0.05, 0) is 116 Å². The van der Waals surface area contributed by atoms with Gasteiger partial charge in [-0.15, -0.1) is 0 Å². The highest BCUT2D eigenvalue weighted by Crippen LogP contribution is 2.15. The van der Waals surface area contributed by atoms with E-state index in [0.717, 1.165) is 121 Å². The summed E-state index contributed by atoms with van der Waals surface area (Å²) in [4.78, 5) is 52.1. The van der Waals surface area contributed by atoms with Crippen LogP contribution in [0.4, 0.5) is 0 Å². The first-order chi connectivity index (χ1) is 29.0. The lowest BCUT2D eigenvalue weighted by molar-refractivity contribution is -0.481. The van der Waals surface area contributed by atoms with E-state index in [1.54, 1.807) is 23.7 Å². The van der Waals surface area contributed by atoms with Crippen LogP contribution in [-0.4, -0.2) is 172 Å². The number of thioether (sulfide) groups is 6. The molecule has 0 saturated carbocycles. The van der Waals surface area contributed by atoms with E-state index in [-0.39, 0.29) is 35.6 Å². The van der Waals surface area contributed by atoms with E-state index in [1.807, 2.05) is 68.6 Å². The number of nitrogens with zero attached hydrogens (tertiary/aromatic N) is 3. The van der Waals surface area contributed by atoms with Gasteiger partial charge >= 0.3 is 17.9 Å². The minimum Gasteiger partial charge on any atom is -0.339 e. The Morgan fingerprint density at radius 1 is 0.417 bits per heavy atom. The first-order valence-electron chi connectivity index (χ1n) is 21.3. The van der Waals surface area contributed by atoms with Crippen molar-refractivity contribution >= 4 is 106 Å². The normalized spacial score (nSPS) is 10.9. The summed E-state index contributed by atoms with van der Waals surface area (Å²) < 4.78 is 0. The number of guanidine groups is 3. The molecule has 60 heavy (non-hydrogen) atoms. The Labute approximate surface area is 387 Å². The van der Waals surface area contributed by atoms with Crippen LogP contribution in [-0.2, 0) is 14.4 Å². The molecule has 0 fully saturated rings. The highest BCUT2D eigenvalue weighted by atomic mass is 32.2. The van der Waals surface area contributed by atoms with Gasteiger partial charge in [-0.1, -0.05) is 0 Å². The zero-order valence-corrected chi connectivity index (χ0v) is 41.4. The number of carbonyl (C=O) groups is 3. The molecule has 0 radical (unpaired) electrons. The number of nitrogens with two attached hydrogens (primary N) is 7. The lowest BCUT2D eigenvalue weighted by atomic mass is 10.3. The topological polar surface area (TPSA) is 285 Å². The van der Waals surface area contributed by atoms with E-state index in [0.29, 0.717) is 52.2 Å². The highest BCUT2D eigenvalue weighted by Gasteiger charge is 2.15. The van der Waals surface area contributed by atoms with Crippen LogP contribution < -0.4 is 55.1 Å². The molecule has 22 heteroatoms. The summed E-state index contributed by atoms with van der Waals surface area (Å²) in [5.74, 6) is 12.9. The number of hydrogen-bond acceptors (Lipinski definition) is 10. The summed E-state index contributed by atoms with van der Waals surface area (Å²) in [6.45, 7) is 3.92. The van der Waals surface area contributed by atoms with Crippen molar-refractivity contribution in [2.45, 2.75) is 77.0 Å². The molecule has 0 aliphatic carbocycles. The van der Waals surface area contributed by atoms with E-state index in [1.165, 1.54) is 18.6 Å². The maximum absolute atomic E-state index is 13.1. The van der Waals surface area contributed by atoms with Gasteiger partial charge in [-0.2, -0.15) is 70.6 Å². The maximum Gasteiger partial charge on any atom is 0.340 e. The molecule has 0 unspecified atom stereocenters. The molecule has 0 heterocycles. The van der Waals surface area contributed by atoms with Crippen molar-refractivity contribution in [2.75, 3.05) is 122 Å². The number of rotatable bonds is 42. The molecule has 350 valence electrons. The quantitative estimate of drug-likeness (QED) is 0.0127. The van der Waals surface area contributed by atoms with Crippen molar-refractivity contribution < 1.29 is 29.4 Å². The lowest BCUT2D eigenvalue weighted by Gasteiger charge is -2.21. The van der Waals surface area contributed by atoms with Crippen molar-refractivity contribution in [3.63, 3.8) is 0 Å². The SMILES string of the molecule is CN(C[NH+]=C(N)N)C(=O)CCSCCCCSCCCN(CC[NH+]=C(N)N)C(=O)CCSCCCCSCCCN(C[NH+]=C(N)N)C(=O)CCSCCCCSCCCN. The van der Waals surface area contributed by atoms with Crippen LogP contribution in [0.3, 0.4) is 0 Å². The Morgan fingerprint density at radius 2 is 0.767 bits per heavy atom. The molecule has 0 atom stereocenters. The van der Waals surface area contributed by atoms with Crippen LogP contribution in [0.2, 0.25) is 0 Å². The first kappa shape index (κ1) is 58.3. The predicted octanol–water partition coefficient (Wildman–Crippen LogP) is -2.88. The minimum atomic E-state index is 0.0666. The third-order valence-electron chi connectivity index (χ3n) is 8.63. The molecule has 0 aliphatic rings. The van der Waals surface area contributed by atoms with Gasteiger partial charge in [0.2, 0.25) is 17.7 Å². The largest absolute Gasteiger partial charge is 0.340 e. The maximum atomic E-state index is 13.1. The van der Waals surface area contributed by atoms with Crippen LogP contribution in [0.1, 0.15) is 77.0 Å². The standard InChI is InChI=1S/C38H79N13O3S6/c1-49(31-47-37(42)43)33(52)11-28-58-22-6-3-20-56-26-9-16-50(18-15-46-36(40)41)34(53)12-29-59-23-7-4-21-57-27-10-17-51(32-48-38(44)45)35(54)13-30-60-24-5-2-19-55-25-8-14-39/h2-32,39H2,1H3,(H4,40,41,46)(H4,42,43,47)(H4,44,45,48)/p+3. The van der Waals surface area contributed by atoms with Crippen LogP contribution in [0.5, 0.6) is 0 Å². The smallest absolute Gasteiger partial charge is 0.339 e. The second-order valence-electron chi connectivity index (χ2n) is 14.0. The van der Waals surface area contributed by atoms with E-state index in [2.05, 4.69) is 15.0 Å². The fraction of sp³-hybridized carbons (Fsp3) is 0.842. The molecule has 3 amide bonds. The van der Waals surface area contributed by atoms with Gasteiger partial charge in [0.1, 0.15) is 13.3 Å². The molecule has 0 spiro atoms. The number of unbranched alkanes of at least 4 members (excludes halogenated alkanes) is 3.